The van der Waals surface area contributed by atoms with Gasteiger partial charge >= 0.3 is 5.69 Å². The van der Waals surface area contributed by atoms with Crippen molar-refractivity contribution in [3.8, 4) is 16.9 Å². The van der Waals surface area contributed by atoms with Crippen molar-refractivity contribution in [2.45, 2.75) is 18.9 Å². The van der Waals surface area contributed by atoms with E-state index in [0.717, 1.165) is 64.8 Å². The SMILES string of the molecule is CN(C)CCOc1ccc(-c2ccc3ncc4c(c3c2)n([C@H]2CCCOC2)c(=O)n4C)cc1. The maximum Gasteiger partial charge on any atom is 0.329 e. The molecule has 7 nitrogen and oxygen atoms in total. The van der Waals surface area contributed by atoms with E-state index in [9.17, 15) is 4.79 Å². The Kier molecular flexibility index (Phi) is 5.91. The number of hydrogen-bond acceptors (Lipinski definition) is 5. The van der Waals surface area contributed by atoms with Crippen molar-refractivity contribution in [1.82, 2.24) is 19.0 Å². The van der Waals surface area contributed by atoms with Crippen molar-refractivity contribution >= 4 is 21.9 Å². The molecular formula is C26H30N4O3. The minimum absolute atomic E-state index is 0.0144. The molecule has 33 heavy (non-hydrogen) atoms. The standard InChI is InChI=1S/C26H30N4O3/c1-28(2)12-14-33-21-9-6-18(7-10-21)19-8-11-23-22(15-19)25-24(16-27-23)29(3)26(31)30(25)20-5-4-13-32-17-20/h6-11,15-16,20H,4-5,12-14,17H2,1-3H3/t20-/m0/s1. The minimum atomic E-state index is -0.0144. The lowest BCUT2D eigenvalue weighted by molar-refractivity contribution is 0.0593. The second kappa shape index (κ2) is 9.00. The van der Waals surface area contributed by atoms with E-state index in [0.29, 0.717) is 13.2 Å². The van der Waals surface area contributed by atoms with Crippen molar-refractivity contribution in [3.05, 3.63) is 59.1 Å². The Bertz CT molecular complexity index is 1330. The molecule has 0 radical (unpaired) electrons. The monoisotopic (exact) mass is 446 g/mol. The fraction of sp³-hybridized carbons (Fsp3) is 0.385. The molecule has 7 heteroatoms. The van der Waals surface area contributed by atoms with Gasteiger partial charge in [0.2, 0.25) is 0 Å². The molecule has 1 aliphatic heterocycles. The van der Waals surface area contributed by atoms with Gasteiger partial charge in [-0.2, -0.15) is 0 Å². The number of aromatic nitrogens is 3. The zero-order valence-corrected chi connectivity index (χ0v) is 19.5. The number of fused-ring (bicyclic) bond motifs is 3. The van der Waals surface area contributed by atoms with Gasteiger partial charge in [0.05, 0.1) is 35.4 Å². The molecule has 1 fully saturated rings. The summed E-state index contributed by atoms with van der Waals surface area (Å²) >= 11 is 0. The molecule has 172 valence electrons. The number of rotatable bonds is 6. The molecule has 0 aliphatic carbocycles. The van der Waals surface area contributed by atoms with E-state index in [4.69, 9.17) is 9.47 Å². The van der Waals surface area contributed by atoms with Crippen LogP contribution in [0.5, 0.6) is 5.75 Å². The third kappa shape index (κ3) is 4.14. The molecule has 0 N–H and O–H groups in total. The van der Waals surface area contributed by atoms with Crippen LogP contribution in [0.1, 0.15) is 18.9 Å². The molecule has 1 atom stereocenters. The summed E-state index contributed by atoms with van der Waals surface area (Å²) in [6, 6.07) is 14.5. The first-order chi connectivity index (χ1) is 16.0. The van der Waals surface area contributed by atoms with Crippen LogP contribution in [0.3, 0.4) is 0 Å². The number of pyridine rings is 1. The summed E-state index contributed by atoms with van der Waals surface area (Å²) in [6.07, 6.45) is 3.71. The number of aryl methyl sites for hydroxylation is 1. The number of likely N-dealkylation sites (N-methyl/N-ethyl adjacent to an activating group) is 1. The number of benzene rings is 2. The van der Waals surface area contributed by atoms with E-state index in [2.05, 4.69) is 34.1 Å². The van der Waals surface area contributed by atoms with Gasteiger partial charge in [-0.05, 0) is 62.3 Å². The maximum absolute atomic E-state index is 13.2. The van der Waals surface area contributed by atoms with E-state index in [1.54, 1.807) is 10.8 Å². The molecule has 0 saturated carbocycles. The van der Waals surface area contributed by atoms with Gasteiger partial charge in [-0.15, -0.1) is 0 Å². The highest BCUT2D eigenvalue weighted by Crippen LogP contribution is 2.31. The molecule has 0 spiro atoms. The Morgan fingerprint density at radius 2 is 1.94 bits per heavy atom. The van der Waals surface area contributed by atoms with E-state index in [-0.39, 0.29) is 11.7 Å². The van der Waals surface area contributed by atoms with Crippen molar-refractivity contribution in [1.29, 1.82) is 0 Å². The van der Waals surface area contributed by atoms with Crippen LogP contribution in [0.4, 0.5) is 0 Å². The largest absolute Gasteiger partial charge is 0.492 e. The topological polar surface area (TPSA) is 61.5 Å². The van der Waals surface area contributed by atoms with Gasteiger partial charge in [-0.1, -0.05) is 18.2 Å². The van der Waals surface area contributed by atoms with Gasteiger partial charge < -0.3 is 14.4 Å². The molecule has 5 rings (SSSR count). The highest BCUT2D eigenvalue weighted by Gasteiger charge is 2.23. The van der Waals surface area contributed by atoms with Crippen LogP contribution in [-0.2, 0) is 11.8 Å². The summed E-state index contributed by atoms with van der Waals surface area (Å²) in [5, 5.41) is 0.986. The number of ether oxygens (including phenoxy) is 2. The molecule has 1 aliphatic rings. The third-order valence-electron chi connectivity index (χ3n) is 6.41. The number of nitrogens with zero attached hydrogens (tertiary/aromatic N) is 4. The van der Waals surface area contributed by atoms with E-state index in [1.165, 1.54) is 0 Å². The van der Waals surface area contributed by atoms with Gasteiger partial charge in [0.1, 0.15) is 12.4 Å². The van der Waals surface area contributed by atoms with Crippen molar-refractivity contribution < 1.29 is 9.47 Å². The van der Waals surface area contributed by atoms with Crippen LogP contribution in [0.25, 0.3) is 33.1 Å². The first-order valence-electron chi connectivity index (χ1n) is 11.5. The molecule has 2 aromatic carbocycles. The van der Waals surface area contributed by atoms with Gasteiger partial charge in [0.25, 0.3) is 0 Å². The van der Waals surface area contributed by atoms with Crippen LogP contribution in [-0.4, -0.2) is 59.5 Å². The van der Waals surface area contributed by atoms with Crippen molar-refractivity contribution in [3.63, 3.8) is 0 Å². The Morgan fingerprint density at radius 1 is 1.15 bits per heavy atom. The molecular weight excluding hydrogens is 416 g/mol. The lowest BCUT2D eigenvalue weighted by Crippen LogP contribution is -2.31. The first-order valence-corrected chi connectivity index (χ1v) is 11.5. The van der Waals surface area contributed by atoms with Gasteiger partial charge in [0, 0.05) is 25.6 Å². The Hall–Kier alpha value is -3.16. The highest BCUT2D eigenvalue weighted by atomic mass is 16.5. The summed E-state index contributed by atoms with van der Waals surface area (Å²) < 4.78 is 15.2. The number of imidazole rings is 1. The summed E-state index contributed by atoms with van der Waals surface area (Å²) in [5.41, 5.74) is 4.83. The zero-order chi connectivity index (χ0) is 22.9. The molecule has 1 saturated heterocycles. The maximum atomic E-state index is 13.2. The smallest absolute Gasteiger partial charge is 0.329 e. The Balaban J connectivity index is 1.56. The summed E-state index contributed by atoms with van der Waals surface area (Å²) in [4.78, 5) is 19.9. The van der Waals surface area contributed by atoms with Gasteiger partial charge in [-0.3, -0.25) is 14.1 Å². The van der Waals surface area contributed by atoms with E-state index < -0.39 is 0 Å². The van der Waals surface area contributed by atoms with Crippen molar-refractivity contribution in [2.24, 2.45) is 7.05 Å². The summed E-state index contributed by atoms with van der Waals surface area (Å²) in [6.45, 7) is 2.86. The second-order valence-corrected chi connectivity index (χ2v) is 8.98. The van der Waals surface area contributed by atoms with E-state index >= 15 is 0 Å². The van der Waals surface area contributed by atoms with E-state index in [1.807, 2.05) is 43.9 Å². The van der Waals surface area contributed by atoms with Crippen LogP contribution in [0, 0.1) is 0 Å². The average molecular weight is 447 g/mol. The quantitative estimate of drug-likeness (QED) is 0.450. The molecule has 3 heterocycles. The Morgan fingerprint density at radius 3 is 2.67 bits per heavy atom. The predicted octanol–water partition coefficient (Wildman–Crippen LogP) is 3.85. The minimum Gasteiger partial charge on any atom is -0.492 e. The zero-order valence-electron chi connectivity index (χ0n) is 19.5. The van der Waals surface area contributed by atoms with Crippen LogP contribution >= 0.6 is 0 Å². The fourth-order valence-corrected chi connectivity index (χ4v) is 4.56. The lowest BCUT2D eigenvalue weighted by atomic mass is 10.0. The molecule has 0 amide bonds. The van der Waals surface area contributed by atoms with Crippen molar-refractivity contribution in [2.75, 3.05) is 40.5 Å². The van der Waals surface area contributed by atoms with Crippen LogP contribution in [0.15, 0.2) is 53.5 Å². The van der Waals surface area contributed by atoms with Gasteiger partial charge in [0.15, 0.2) is 0 Å². The molecule has 2 aromatic heterocycles. The molecule has 0 bridgehead atoms. The first kappa shape index (κ1) is 21.7. The Labute approximate surface area is 193 Å². The fourth-order valence-electron chi connectivity index (χ4n) is 4.56. The third-order valence-corrected chi connectivity index (χ3v) is 6.41. The van der Waals surface area contributed by atoms with Crippen LogP contribution < -0.4 is 10.4 Å². The second-order valence-electron chi connectivity index (χ2n) is 8.98. The lowest BCUT2D eigenvalue weighted by Gasteiger charge is -2.23. The average Bonchev–Trinajstić information content (AvgIpc) is 3.10. The number of hydrogen-bond donors (Lipinski definition) is 0. The van der Waals surface area contributed by atoms with Crippen LogP contribution in [0.2, 0.25) is 0 Å². The normalized spacial score (nSPS) is 16.7. The summed E-state index contributed by atoms with van der Waals surface area (Å²) in [5.74, 6) is 0.861. The van der Waals surface area contributed by atoms with Gasteiger partial charge in [-0.25, -0.2) is 4.79 Å². The molecule has 0 unspecified atom stereocenters. The summed E-state index contributed by atoms with van der Waals surface area (Å²) in [7, 11) is 5.88. The predicted molar refractivity (Wildman–Crippen MR) is 131 cm³/mol. The molecule has 4 aromatic rings. The highest BCUT2D eigenvalue weighted by molar-refractivity contribution is 6.04.